The number of rotatable bonds is 5. The maximum Gasteiger partial charge on any atom is 0.139 e. The van der Waals surface area contributed by atoms with Crippen LogP contribution in [0.3, 0.4) is 0 Å². The lowest BCUT2D eigenvalue weighted by Gasteiger charge is -2.04. The van der Waals surface area contributed by atoms with Gasteiger partial charge in [0.2, 0.25) is 0 Å². The molecule has 10 heavy (non-hydrogen) atoms. The molecule has 0 saturated carbocycles. The summed E-state index contributed by atoms with van der Waals surface area (Å²) in [5.74, 6) is 4.75. The summed E-state index contributed by atoms with van der Waals surface area (Å²) in [4.78, 5) is 14.1. The molecule has 5 N–H and O–H groups in total. The minimum absolute atomic E-state index is 0.185. The maximum absolute atomic E-state index is 9.83. The lowest BCUT2D eigenvalue weighted by molar-refractivity contribution is -0.107. The number of carbonyl (C=O) groups is 1. The van der Waals surface area contributed by atoms with Gasteiger partial charge in [0.1, 0.15) is 12.9 Å². The summed E-state index contributed by atoms with van der Waals surface area (Å²) in [6, 6.07) is 0. The van der Waals surface area contributed by atoms with Crippen molar-refractivity contribution in [3.8, 4) is 0 Å². The van der Waals surface area contributed by atoms with Crippen LogP contribution in [-0.2, 0) is 9.63 Å². The van der Waals surface area contributed by atoms with Crippen molar-refractivity contribution in [2.75, 3.05) is 13.2 Å². The van der Waals surface area contributed by atoms with Crippen molar-refractivity contribution >= 4 is 6.29 Å². The Hall–Kier alpha value is -1.07. The van der Waals surface area contributed by atoms with E-state index in [0.29, 0.717) is 5.70 Å². The van der Waals surface area contributed by atoms with Crippen LogP contribution in [0.25, 0.3) is 0 Å². The van der Waals surface area contributed by atoms with Crippen molar-refractivity contribution in [3.05, 3.63) is 11.9 Å². The van der Waals surface area contributed by atoms with Gasteiger partial charge in [0.15, 0.2) is 0 Å². The first kappa shape index (κ1) is 8.93. The number of hydrogen-bond donors (Lipinski definition) is 3. The molecular weight excluding hydrogens is 134 g/mol. The van der Waals surface area contributed by atoms with E-state index in [9.17, 15) is 4.79 Å². The minimum Gasteiger partial charge on any atom is -0.403 e. The number of nitrogens with two attached hydrogens (primary N) is 2. The van der Waals surface area contributed by atoms with E-state index in [4.69, 9.17) is 11.6 Å². The van der Waals surface area contributed by atoms with E-state index in [1.807, 2.05) is 0 Å². The molecule has 0 bridgehead atoms. The number of carbonyl (C=O) groups excluding carboxylic acids is 1. The van der Waals surface area contributed by atoms with Crippen molar-refractivity contribution in [3.63, 3.8) is 0 Å². The van der Waals surface area contributed by atoms with Gasteiger partial charge in [-0.05, 0) is 0 Å². The van der Waals surface area contributed by atoms with Gasteiger partial charge in [-0.15, -0.1) is 0 Å². The summed E-state index contributed by atoms with van der Waals surface area (Å²) in [7, 11) is 0. The van der Waals surface area contributed by atoms with Crippen molar-refractivity contribution < 1.29 is 9.63 Å². The zero-order chi connectivity index (χ0) is 7.82. The summed E-state index contributed by atoms with van der Waals surface area (Å²) in [6.45, 7) is 0.400. The standard InChI is InChI=1S/C5H11N3O2/c6-3-5(4-10-7)8-1-2-9/h2-3,8H,1,4,6-7H2/b5-3-. The third kappa shape index (κ3) is 3.88. The highest BCUT2D eigenvalue weighted by Gasteiger charge is 1.91. The Bertz CT molecular complexity index is 124. The van der Waals surface area contributed by atoms with Crippen LogP contribution in [0.1, 0.15) is 0 Å². The SMILES string of the molecule is N/C=C(/CON)NCC=O. The van der Waals surface area contributed by atoms with Crippen LogP contribution in [0.4, 0.5) is 0 Å². The van der Waals surface area contributed by atoms with Gasteiger partial charge in [0.25, 0.3) is 0 Å². The topological polar surface area (TPSA) is 90.4 Å². The van der Waals surface area contributed by atoms with Crippen molar-refractivity contribution in [1.82, 2.24) is 5.32 Å². The van der Waals surface area contributed by atoms with E-state index in [1.165, 1.54) is 6.20 Å². The minimum atomic E-state index is 0.185. The summed E-state index contributed by atoms with van der Waals surface area (Å²) in [5, 5.41) is 2.68. The molecule has 0 saturated heterocycles. The maximum atomic E-state index is 9.83. The van der Waals surface area contributed by atoms with Gasteiger partial charge in [-0.1, -0.05) is 0 Å². The van der Waals surface area contributed by atoms with Crippen LogP contribution in [0, 0.1) is 0 Å². The molecule has 0 aliphatic carbocycles. The number of hydrogen-bond acceptors (Lipinski definition) is 5. The van der Waals surface area contributed by atoms with E-state index in [2.05, 4.69) is 10.2 Å². The van der Waals surface area contributed by atoms with Crippen LogP contribution in [0.2, 0.25) is 0 Å². The first-order chi connectivity index (χ1) is 4.85. The van der Waals surface area contributed by atoms with Gasteiger partial charge in [-0.2, -0.15) is 0 Å². The Morgan fingerprint density at radius 1 is 1.70 bits per heavy atom. The predicted octanol–water partition coefficient (Wildman–Crippen LogP) is -1.53. The average molecular weight is 145 g/mol. The van der Waals surface area contributed by atoms with Gasteiger partial charge >= 0.3 is 0 Å². The molecule has 0 aliphatic rings. The van der Waals surface area contributed by atoms with E-state index in [1.54, 1.807) is 0 Å². The highest BCUT2D eigenvalue weighted by atomic mass is 16.6. The molecule has 0 fully saturated rings. The lowest BCUT2D eigenvalue weighted by atomic mass is 10.5. The van der Waals surface area contributed by atoms with E-state index in [-0.39, 0.29) is 13.2 Å². The third-order valence-corrected chi connectivity index (χ3v) is 0.852. The predicted molar refractivity (Wildman–Crippen MR) is 36.5 cm³/mol. The van der Waals surface area contributed by atoms with Crippen LogP contribution < -0.4 is 16.9 Å². The quantitative estimate of drug-likeness (QED) is 0.322. The second-order valence-electron chi connectivity index (χ2n) is 1.55. The fourth-order valence-electron chi connectivity index (χ4n) is 0.421. The zero-order valence-corrected chi connectivity index (χ0v) is 5.54. The fraction of sp³-hybridized carbons (Fsp3) is 0.400. The van der Waals surface area contributed by atoms with Gasteiger partial charge in [0, 0.05) is 6.20 Å². The molecule has 0 heterocycles. The molecule has 0 atom stereocenters. The summed E-state index contributed by atoms with van der Waals surface area (Å²) >= 11 is 0. The normalized spacial score (nSPS) is 11.1. The first-order valence-electron chi connectivity index (χ1n) is 2.75. The largest absolute Gasteiger partial charge is 0.403 e. The van der Waals surface area contributed by atoms with E-state index < -0.39 is 0 Å². The van der Waals surface area contributed by atoms with Crippen molar-refractivity contribution in [2.24, 2.45) is 11.6 Å². The zero-order valence-electron chi connectivity index (χ0n) is 5.54. The Balaban J connectivity index is 3.51. The van der Waals surface area contributed by atoms with Gasteiger partial charge in [0.05, 0.1) is 12.2 Å². The smallest absolute Gasteiger partial charge is 0.139 e. The number of nitrogens with one attached hydrogen (secondary N) is 1. The molecule has 0 aromatic heterocycles. The molecule has 0 aliphatic heterocycles. The van der Waals surface area contributed by atoms with Crippen LogP contribution in [-0.4, -0.2) is 19.4 Å². The summed E-state index contributed by atoms with van der Waals surface area (Å²) < 4.78 is 0. The first-order valence-corrected chi connectivity index (χ1v) is 2.75. The second kappa shape index (κ2) is 6.06. The Morgan fingerprint density at radius 3 is 2.80 bits per heavy atom. The van der Waals surface area contributed by atoms with Gasteiger partial charge in [-0.3, -0.25) is 4.84 Å². The molecule has 0 amide bonds. The van der Waals surface area contributed by atoms with Crippen molar-refractivity contribution in [1.29, 1.82) is 0 Å². The van der Waals surface area contributed by atoms with E-state index in [0.717, 1.165) is 6.29 Å². The van der Waals surface area contributed by atoms with Crippen LogP contribution >= 0.6 is 0 Å². The molecule has 0 unspecified atom stereocenters. The molecule has 58 valence electrons. The molecule has 0 aromatic rings. The number of aldehydes is 1. The highest BCUT2D eigenvalue weighted by Crippen LogP contribution is 1.82. The summed E-state index contributed by atoms with van der Waals surface area (Å²) in [5.41, 5.74) is 5.72. The molecule has 0 radical (unpaired) electrons. The fourth-order valence-corrected chi connectivity index (χ4v) is 0.421. The van der Waals surface area contributed by atoms with Crippen LogP contribution in [0.15, 0.2) is 11.9 Å². The van der Waals surface area contributed by atoms with Crippen LogP contribution in [0.5, 0.6) is 0 Å². The molecular formula is C5H11N3O2. The second-order valence-corrected chi connectivity index (χ2v) is 1.55. The van der Waals surface area contributed by atoms with Gasteiger partial charge in [-0.25, -0.2) is 5.90 Å². The molecule has 0 aromatic carbocycles. The Morgan fingerprint density at radius 2 is 2.40 bits per heavy atom. The van der Waals surface area contributed by atoms with Gasteiger partial charge < -0.3 is 15.8 Å². The summed E-state index contributed by atoms with van der Waals surface area (Å²) in [6.07, 6.45) is 2.02. The van der Waals surface area contributed by atoms with E-state index >= 15 is 0 Å². The highest BCUT2D eigenvalue weighted by molar-refractivity contribution is 5.52. The molecule has 5 nitrogen and oxygen atoms in total. The van der Waals surface area contributed by atoms with Crippen molar-refractivity contribution in [2.45, 2.75) is 0 Å². The lowest BCUT2D eigenvalue weighted by Crippen LogP contribution is -2.21. The molecule has 0 spiro atoms. The monoisotopic (exact) mass is 145 g/mol. The average Bonchev–Trinajstić information content (AvgIpc) is 1.98. The molecule has 0 rings (SSSR count). The molecule has 5 heteroatoms. The Kier molecular flexibility index (Phi) is 5.41. The Labute approximate surface area is 59.0 Å². The third-order valence-electron chi connectivity index (χ3n) is 0.852.